The highest BCUT2D eigenvalue weighted by Gasteiger charge is 2.64. The van der Waals surface area contributed by atoms with Crippen molar-refractivity contribution in [1.82, 2.24) is 4.72 Å². The summed E-state index contributed by atoms with van der Waals surface area (Å²) >= 11 is 0. The Morgan fingerprint density at radius 1 is 0.707 bits per heavy atom. The van der Waals surface area contributed by atoms with Crippen LogP contribution in [0.15, 0.2) is 0 Å². The molecule has 0 aromatic heterocycles. The molecule has 4 saturated carbocycles. The zero-order valence-corrected chi connectivity index (χ0v) is 32.4. The molecule has 4 fully saturated rings. The molecule has 4 bridgehead atoms. The predicted molar refractivity (Wildman–Crippen MR) is 200 cm³/mol. The lowest BCUT2D eigenvalue weighted by Gasteiger charge is -2.60. The minimum Gasteiger partial charge on any atom is -0.465 e. The fraction of sp³-hybridized carbons (Fsp3) is 0.921. The van der Waals surface area contributed by atoms with E-state index in [1.54, 1.807) is 34.6 Å². The molecule has 58 heavy (non-hydrogen) atoms. The summed E-state index contributed by atoms with van der Waals surface area (Å²) < 4.78 is 166. The van der Waals surface area contributed by atoms with Crippen LogP contribution in [0.1, 0.15) is 149 Å². The summed E-state index contributed by atoms with van der Waals surface area (Å²) in [4.78, 5) is 37.4. The number of halogens is 10. The number of hydrogen-bond acceptors (Lipinski definition) is 8. The maximum atomic E-state index is 13.8. The zero-order chi connectivity index (χ0) is 42.2. The van der Waals surface area contributed by atoms with Gasteiger partial charge >= 0.3 is 45.5 Å². The van der Waals surface area contributed by atoms with Gasteiger partial charge in [-0.05, 0) is 98.3 Å². The Hall–Kier alpha value is -2.38. The normalized spacial score (nSPS) is 23.3. The zero-order valence-electron chi connectivity index (χ0n) is 31.6. The maximum Gasteiger partial charge on any atom is 0.511 e. The summed E-state index contributed by atoms with van der Waals surface area (Å²) in [5.41, 5.74) is -10.3. The van der Waals surface area contributed by atoms with E-state index in [1.165, 1.54) is 18.6 Å². The van der Waals surface area contributed by atoms with Gasteiger partial charge in [0.2, 0.25) is 0 Å². The van der Waals surface area contributed by atoms with Crippen molar-refractivity contribution in [3.8, 4) is 0 Å². The van der Waals surface area contributed by atoms with Crippen LogP contribution in [-0.4, -0.2) is 74.2 Å². The number of carbonyl (C=O) groups excluding carboxylic acids is 3. The molecule has 4 aliphatic rings. The van der Waals surface area contributed by atoms with Gasteiger partial charge in [0, 0.05) is 12.8 Å². The predicted octanol–water partition coefficient (Wildman–Crippen LogP) is 11.2. The molecule has 2 unspecified atom stereocenters. The lowest BCUT2D eigenvalue weighted by molar-refractivity contribution is -0.301. The highest BCUT2D eigenvalue weighted by atomic mass is 32.2. The fourth-order valence-corrected chi connectivity index (χ4v) is 7.91. The second-order valence-electron chi connectivity index (χ2n) is 16.9. The third-order valence-corrected chi connectivity index (χ3v) is 11.9. The molecular formula is C38H67F10NO8S. The summed E-state index contributed by atoms with van der Waals surface area (Å²) in [7, 11) is -5.49. The molecule has 4 rings (SSSR count). The molecule has 9 nitrogen and oxygen atoms in total. The second-order valence-corrected chi connectivity index (χ2v) is 18.6. The van der Waals surface area contributed by atoms with Crippen LogP contribution in [0.4, 0.5) is 43.9 Å². The van der Waals surface area contributed by atoms with E-state index in [-0.39, 0.29) is 53.9 Å². The number of ether oxygens (including phenoxy) is 3. The monoisotopic (exact) mass is 887 g/mol. The standard InChI is InChI=1S/C23H31F7O4.C11H20F3NO4S.4CH4/c1-4-18(2,3)16(31)34-20-10-14-7-15(11-20)9-19(8-14,12-20)17(32)33-6-5-21(24,25)13-22(26,27)23(28,29)30;1-6-9(2,3)8(16)19-7-10(4,5)15-20(17,18)11(12,13)14;;;;/h14-15H,4-13H2,1-3H3;15H,6-7H2,1-5H3;4*1H4. The molecule has 2 atom stereocenters. The lowest BCUT2D eigenvalue weighted by atomic mass is 9.48. The summed E-state index contributed by atoms with van der Waals surface area (Å²) in [5.74, 6) is -11.5. The molecule has 1 N–H and O–H groups in total. The van der Waals surface area contributed by atoms with Crippen molar-refractivity contribution in [1.29, 1.82) is 0 Å². The largest absolute Gasteiger partial charge is 0.511 e. The van der Waals surface area contributed by atoms with Gasteiger partial charge in [-0.1, -0.05) is 43.6 Å². The smallest absolute Gasteiger partial charge is 0.465 e. The van der Waals surface area contributed by atoms with E-state index in [0.29, 0.717) is 38.5 Å². The number of sulfonamides is 1. The molecule has 0 radical (unpaired) electrons. The minimum atomic E-state index is -6.09. The van der Waals surface area contributed by atoms with Crippen LogP contribution >= 0.6 is 0 Å². The van der Waals surface area contributed by atoms with Crippen molar-refractivity contribution in [3.05, 3.63) is 0 Å². The number of alkyl halides is 10. The Bertz CT molecular complexity index is 1460. The second kappa shape index (κ2) is 20.0. The lowest BCUT2D eigenvalue weighted by Crippen LogP contribution is -2.60. The molecule has 4 aliphatic carbocycles. The van der Waals surface area contributed by atoms with Crippen LogP contribution in [0.25, 0.3) is 0 Å². The first-order valence-corrected chi connectivity index (χ1v) is 19.0. The molecule has 0 aliphatic heterocycles. The average Bonchev–Trinajstić information content (AvgIpc) is 2.97. The summed E-state index contributed by atoms with van der Waals surface area (Å²) in [6.07, 6.45) is -6.04. The molecule has 0 amide bonds. The van der Waals surface area contributed by atoms with Gasteiger partial charge in [0.25, 0.3) is 5.92 Å². The third kappa shape index (κ3) is 15.0. The molecule has 0 aromatic rings. The molecular weight excluding hydrogens is 820 g/mol. The van der Waals surface area contributed by atoms with Crippen molar-refractivity contribution < 1.29 is 80.9 Å². The number of nitrogens with one attached hydrogen (secondary N) is 1. The van der Waals surface area contributed by atoms with Crippen LogP contribution < -0.4 is 4.72 Å². The Morgan fingerprint density at radius 3 is 1.57 bits per heavy atom. The van der Waals surface area contributed by atoms with Crippen LogP contribution in [0, 0.1) is 28.1 Å². The van der Waals surface area contributed by atoms with Crippen molar-refractivity contribution >= 4 is 27.9 Å². The number of hydrogen-bond donors (Lipinski definition) is 1. The van der Waals surface area contributed by atoms with Crippen molar-refractivity contribution in [2.24, 2.45) is 28.1 Å². The number of esters is 3. The molecule has 0 spiro atoms. The van der Waals surface area contributed by atoms with E-state index in [0.717, 1.165) is 6.42 Å². The number of carbonyl (C=O) groups is 3. The summed E-state index contributed by atoms with van der Waals surface area (Å²) in [5, 5.41) is 0. The third-order valence-electron chi connectivity index (χ3n) is 10.5. The SMILES string of the molecule is C.C.C.C.CCC(C)(C)C(=O)OC12CC3CC(C1)CC(C(=O)OCCC(F)(F)CC(F)(F)C(F)(F)F)(C3)C2.CCC(C)(C)C(=O)OCC(C)(C)NS(=O)(=O)C(F)(F)F. The molecule has 0 aromatic carbocycles. The van der Waals surface area contributed by atoms with Gasteiger partial charge in [-0.15, -0.1) is 0 Å². The molecule has 20 heteroatoms. The number of rotatable bonds is 15. The molecule has 0 heterocycles. The maximum absolute atomic E-state index is 13.8. The minimum absolute atomic E-state index is 0. The first-order valence-electron chi connectivity index (χ1n) is 17.5. The van der Waals surface area contributed by atoms with E-state index >= 15 is 0 Å². The van der Waals surface area contributed by atoms with E-state index in [1.807, 2.05) is 6.92 Å². The molecule has 0 saturated heterocycles. The van der Waals surface area contributed by atoms with Gasteiger partial charge in [-0.2, -0.15) is 39.8 Å². The van der Waals surface area contributed by atoms with Gasteiger partial charge in [0.05, 0.1) is 34.8 Å². The quantitative estimate of drug-likeness (QED) is 0.0979. The van der Waals surface area contributed by atoms with Crippen LogP contribution in [-0.2, 0) is 38.6 Å². The Kier molecular flexibility index (Phi) is 20.7. The molecule has 348 valence electrons. The van der Waals surface area contributed by atoms with E-state index in [4.69, 9.17) is 14.2 Å². The Balaban J connectivity index is -0.00000110. The fourth-order valence-electron chi connectivity index (χ4n) is 7.01. The topological polar surface area (TPSA) is 125 Å². The Morgan fingerprint density at radius 2 is 1.16 bits per heavy atom. The van der Waals surface area contributed by atoms with E-state index in [9.17, 15) is 66.7 Å². The van der Waals surface area contributed by atoms with Crippen molar-refractivity contribution in [3.63, 3.8) is 0 Å². The first kappa shape index (κ1) is 59.9. The highest BCUT2D eigenvalue weighted by Crippen LogP contribution is 2.63. The van der Waals surface area contributed by atoms with Gasteiger partial charge in [-0.3, -0.25) is 14.4 Å². The average molecular weight is 888 g/mol. The van der Waals surface area contributed by atoms with Crippen molar-refractivity contribution in [2.75, 3.05) is 13.2 Å². The van der Waals surface area contributed by atoms with Gasteiger partial charge in [0.1, 0.15) is 12.2 Å². The van der Waals surface area contributed by atoms with E-state index < -0.39 is 98.9 Å². The summed E-state index contributed by atoms with van der Waals surface area (Å²) in [6, 6.07) is 0. The van der Waals surface area contributed by atoms with Gasteiger partial charge in [-0.25, -0.2) is 17.2 Å². The highest BCUT2D eigenvalue weighted by molar-refractivity contribution is 7.90. The van der Waals surface area contributed by atoms with Gasteiger partial charge in [0.15, 0.2) is 0 Å². The van der Waals surface area contributed by atoms with Crippen LogP contribution in [0.3, 0.4) is 0 Å². The van der Waals surface area contributed by atoms with E-state index in [2.05, 4.69) is 0 Å². The Labute approximate surface area is 338 Å². The first-order chi connectivity index (χ1) is 24.0. The van der Waals surface area contributed by atoms with Crippen LogP contribution in [0.5, 0.6) is 0 Å². The van der Waals surface area contributed by atoms with Crippen LogP contribution in [0.2, 0.25) is 0 Å². The van der Waals surface area contributed by atoms with Crippen molar-refractivity contribution in [2.45, 2.75) is 184 Å². The van der Waals surface area contributed by atoms with Gasteiger partial charge < -0.3 is 14.2 Å². The summed E-state index contributed by atoms with van der Waals surface area (Å²) in [6.45, 7) is 11.3.